The summed E-state index contributed by atoms with van der Waals surface area (Å²) in [5.41, 5.74) is 2.98. The summed E-state index contributed by atoms with van der Waals surface area (Å²) >= 11 is 6.16. The van der Waals surface area contributed by atoms with E-state index in [1.54, 1.807) is 19.2 Å². The third-order valence-corrected chi connectivity index (χ3v) is 4.58. The fraction of sp³-hybridized carbons (Fsp3) is 0.278. The minimum Gasteiger partial charge on any atom is -0.497 e. The molecule has 2 aromatic carbocycles. The van der Waals surface area contributed by atoms with Gasteiger partial charge in [0.05, 0.1) is 23.7 Å². The SMILES string of the molecule is COc1ccc2c(c1)CCN(C(=O)c1ccccc1Cl)C2C. The highest BCUT2D eigenvalue weighted by atomic mass is 35.5. The van der Waals surface area contributed by atoms with Crippen LogP contribution in [0.3, 0.4) is 0 Å². The van der Waals surface area contributed by atoms with Gasteiger partial charge in [-0.2, -0.15) is 0 Å². The molecule has 0 aromatic heterocycles. The van der Waals surface area contributed by atoms with E-state index in [1.807, 2.05) is 29.2 Å². The summed E-state index contributed by atoms with van der Waals surface area (Å²) in [7, 11) is 1.67. The Morgan fingerprint density at radius 1 is 1.27 bits per heavy atom. The Hall–Kier alpha value is -2.00. The zero-order valence-corrected chi connectivity index (χ0v) is 13.4. The maximum absolute atomic E-state index is 12.8. The maximum Gasteiger partial charge on any atom is 0.255 e. The first kappa shape index (κ1) is 14.9. The van der Waals surface area contributed by atoms with Crippen LogP contribution < -0.4 is 4.74 Å². The number of amides is 1. The first-order valence-corrected chi connectivity index (χ1v) is 7.72. The topological polar surface area (TPSA) is 29.5 Å². The molecule has 0 aliphatic carbocycles. The molecule has 0 spiro atoms. The normalized spacial score (nSPS) is 17.0. The first-order chi connectivity index (χ1) is 10.6. The molecule has 1 aliphatic heterocycles. The van der Waals surface area contributed by atoms with Crippen molar-refractivity contribution in [3.8, 4) is 5.75 Å². The van der Waals surface area contributed by atoms with Gasteiger partial charge in [0.1, 0.15) is 5.75 Å². The number of hydrogen-bond acceptors (Lipinski definition) is 2. The molecule has 0 radical (unpaired) electrons. The molecule has 0 fully saturated rings. The quantitative estimate of drug-likeness (QED) is 0.834. The lowest BCUT2D eigenvalue weighted by Crippen LogP contribution is -2.39. The average molecular weight is 316 g/mol. The lowest BCUT2D eigenvalue weighted by Gasteiger charge is -2.35. The van der Waals surface area contributed by atoms with Crippen molar-refractivity contribution in [3.63, 3.8) is 0 Å². The number of fused-ring (bicyclic) bond motifs is 1. The molecule has 3 nitrogen and oxygen atoms in total. The second kappa shape index (κ2) is 6.01. The van der Waals surface area contributed by atoms with Crippen molar-refractivity contribution in [2.75, 3.05) is 13.7 Å². The van der Waals surface area contributed by atoms with E-state index >= 15 is 0 Å². The van der Waals surface area contributed by atoms with Crippen LogP contribution in [0.2, 0.25) is 5.02 Å². The monoisotopic (exact) mass is 315 g/mol. The van der Waals surface area contributed by atoms with E-state index in [0.717, 1.165) is 12.2 Å². The fourth-order valence-corrected chi connectivity index (χ4v) is 3.22. The van der Waals surface area contributed by atoms with Crippen molar-refractivity contribution in [2.45, 2.75) is 19.4 Å². The van der Waals surface area contributed by atoms with E-state index in [2.05, 4.69) is 13.0 Å². The van der Waals surface area contributed by atoms with Crippen LogP contribution in [0.4, 0.5) is 0 Å². The molecule has 0 saturated heterocycles. The van der Waals surface area contributed by atoms with Gasteiger partial charge in [-0.25, -0.2) is 0 Å². The summed E-state index contributed by atoms with van der Waals surface area (Å²) in [6.07, 6.45) is 0.826. The number of carbonyl (C=O) groups excluding carboxylic acids is 1. The number of methoxy groups -OCH3 is 1. The van der Waals surface area contributed by atoms with Crippen molar-refractivity contribution < 1.29 is 9.53 Å². The Morgan fingerprint density at radius 3 is 2.77 bits per heavy atom. The van der Waals surface area contributed by atoms with Gasteiger partial charge in [0.25, 0.3) is 5.91 Å². The number of ether oxygens (including phenoxy) is 1. The molecule has 0 N–H and O–H groups in total. The average Bonchev–Trinajstić information content (AvgIpc) is 2.54. The van der Waals surface area contributed by atoms with Crippen molar-refractivity contribution in [3.05, 3.63) is 64.2 Å². The van der Waals surface area contributed by atoms with E-state index in [-0.39, 0.29) is 11.9 Å². The van der Waals surface area contributed by atoms with Crippen LogP contribution in [-0.4, -0.2) is 24.5 Å². The molecule has 1 aliphatic rings. The molecule has 0 saturated carbocycles. The van der Waals surface area contributed by atoms with Gasteiger partial charge >= 0.3 is 0 Å². The van der Waals surface area contributed by atoms with E-state index in [1.165, 1.54) is 11.1 Å². The Kier molecular flexibility index (Phi) is 4.08. The number of rotatable bonds is 2. The van der Waals surface area contributed by atoms with Gasteiger partial charge in [0.15, 0.2) is 0 Å². The summed E-state index contributed by atoms with van der Waals surface area (Å²) in [5.74, 6) is 0.844. The highest BCUT2D eigenvalue weighted by Gasteiger charge is 2.29. The van der Waals surface area contributed by atoms with Crippen LogP contribution in [-0.2, 0) is 6.42 Å². The van der Waals surface area contributed by atoms with E-state index in [9.17, 15) is 4.79 Å². The number of carbonyl (C=O) groups is 1. The molecule has 114 valence electrons. The third kappa shape index (κ3) is 2.57. The van der Waals surface area contributed by atoms with Gasteiger partial charge in [-0.1, -0.05) is 29.8 Å². The molecule has 3 rings (SSSR count). The number of halogens is 1. The standard InChI is InChI=1S/C18H18ClNO2/c1-12-15-8-7-14(22-2)11-13(15)9-10-20(12)18(21)16-5-3-4-6-17(16)19/h3-8,11-12H,9-10H2,1-2H3. The van der Waals surface area contributed by atoms with Crippen LogP contribution in [0.25, 0.3) is 0 Å². The number of benzene rings is 2. The van der Waals surface area contributed by atoms with Crippen molar-refractivity contribution in [1.82, 2.24) is 4.90 Å². The van der Waals surface area contributed by atoms with Gasteiger partial charge in [-0.15, -0.1) is 0 Å². The smallest absolute Gasteiger partial charge is 0.255 e. The molecule has 0 bridgehead atoms. The molecule has 1 heterocycles. The van der Waals surface area contributed by atoms with Crippen molar-refractivity contribution in [1.29, 1.82) is 0 Å². The number of nitrogens with zero attached hydrogens (tertiary/aromatic N) is 1. The Labute approximate surface area is 135 Å². The summed E-state index contributed by atoms with van der Waals surface area (Å²) in [5, 5.41) is 0.500. The molecule has 1 atom stereocenters. The Bertz CT molecular complexity index is 714. The van der Waals surface area contributed by atoms with Crippen LogP contribution in [0.15, 0.2) is 42.5 Å². The van der Waals surface area contributed by atoms with Gasteiger partial charge in [0.2, 0.25) is 0 Å². The van der Waals surface area contributed by atoms with Gasteiger partial charge < -0.3 is 9.64 Å². The predicted molar refractivity (Wildman–Crippen MR) is 87.6 cm³/mol. The largest absolute Gasteiger partial charge is 0.497 e. The van der Waals surface area contributed by atoms with Crippen LogP contribution in [0.1, 0.15) is 34.5 Å². The number of hydrogen-bond donors (Lipinski definition) is 0. The van der Waals surface area contributed by atoms with Gasteiger partial charge in [0, 0.05) is 6.54 Å². The second-order valence-electron chi connectivity index (χ2n) is 5.47. The van der Waals surface area contributed by atoms with E-state index in [4.69, 9.17) is 16.3 Å². The van der Waals surface area contributed by atoms with Crippen molar-refractivity contribution >= 4 is 17.5 Å². The molecular weight excluding hydrogens is 298 g/mol. The van der Waals surface area contributed by atoms with E-state index < -0.39 is 0 Å². The van der Waals surface area contributed by atoms with Crippen LogP contribution in [0, 0.1) is 0 Å². The molecule has 1 amide bonds. The van der Waals surface area contributed by atoms with E-state index in [0.29, 0.717) is 17.1 Å². The molecule has 1 unspecified atom stereocenters. The van der Waals surface area contributed by atoms with Crippen LogP contribution >= 0.6 is 11.6 Å². The summed E-state index contributed by atoms with van der Waals surface area (Å²) in [6, 6.07) is 13.3. The second-order valence-corrected chi connectivity index (χ2v) is 5.88. The Balaban J connectivity index is 1.91. The zero-order valence-electron chi connectivity index (χ0n) is 12.7. The summed E-state index contributed by atoms with van der Waals surface area (Å²) < 4.78 is 5.28. The minimum atomic E-state index is -0.0143. The van der Waals surface area contributed by atoms with Crippen molar-refractivity contribution in [2.24, 2.45) is 0 Å². The maximum atomic E-state index is 12.8. The molecule has 2 aromatic rings. The summed E-state index contributed by atoms with van der Waals surface area (Å²) in [4.78, 5) is 14.7. The lowest BCUT2D eigenvalue weighted by molar-refractivity contribution is 0.0678. The first-order valence-electron chi connectivity index (χ1n) is 7.34. The Morgan fingerprint density at radius 2 is 2.05 bits per heavy atom. The fourth-order valence-electron chi connectivity index (χ4n) is 3.00. The molecular formula is C18H18ClNO2. The summed E-state index contributed by atoms with van der Waals surface area (Å²) in [6.45, 7) is 2.74. The zero-order chi connectivity index (χ0) is 15.7. The predicted octanol–water partition coefficient (Wildman–Crippen LogP) is 4.11. The minimum absolute atomic E-state index is 0.0143. The van der Waals surface area contributed by atoms with Gasteiger partial charge in [-0.3, -0.25) is 4.79 Å². The highest BCUT2D eigenvalue weighted by molar-refractivity contribution is 6.33. The van der Waals surface area contributed by atoms with Crippen LogP contribution in [0.5, 0.6) is 5.75 Å². The van der Waals surface area contributed by atoms with Gasteiger partial charge in [-0.05, 0) is 48.7 Å². The molecule has 4 heteroatoms. The highest BCUT2D eigenvalue weighted by Crippen LogP contribution is 2.33. The lowest BCUT2D eigenvalue weighted by atomic mass is 9.92. The third-order valence-electron chi connectivity index (χ3n) is 4.25. The molecule has 22 heavy (non-hydrogen) atoms.